The lowest BCUT2D eigenvalue weighted by atomic mass is 9.85. The number of nitrogens with one attached hydrogen (secondary N) is 2. The second-order valence-corrected chi connectivity index (χ2v) is 7.37. The fraction of sp³-hybridized carbons (Fsp3) is 0.286. The first kappa shape index (κ1) is 18.8. The summed E-state index contributed by atoms with van der Waals surface area (Å²) in [7, 11) is 0. The molecular weight excluding hydrogens is 380 g/mol. The summed E-state index contributed by atoms with van der Waals surface area (Å²) >= 11 is 6.01. The number of halogens is 1. The van der Waals surface area contributed by atoms with Crippen molar-refractivity contribution >= 4 is 28.4 Å². The van der Waals surface area contributed by atoms with E-state index in [1.54, 1.807) is 18.2 Å². The second-order valence-electron chi connectivity index (χ2n) is 6.94. The SMILES string of the molecule is O=C(NC1Cc2c(cccc2OCCO)CC1O)c1cc2cc(Cl)ccc2[nH]1. The van der Waals surface area contributed by atoms with E-state index in [-0.39, 0.29) is 19.1 Å². The maximum atomic E-state index is 12.7. The number of carbonyl (C=O) groups excluding carboxylic acids is 1. The number of H-pyrrole nitrogens is 1. The molecule has 1 aliphatic rings. The predicted molar refractivity (Wildman–Crippen MR) is 107 cm³/mol. The molecule has 1 heterocycles. The quantitative estimate of drug-likeness (QED) is 0.529. The Kier molecular flexibility index (Phi) is 5.26. The highest BCUT2D eigenvalue weighted by Crippen LogP contribution is 2.30. The van der Waals surface area contributed by atoms with Crippen molar-refractivity contribution in [1.82, 2.24) is 10.3 Å². The molecule has 1 aromatic heterocycles. The van der Waals surface area contributed by atoms with Crippen molar-refractivity contribution < 1.29 is 19.7 Å². The van der Waals surface area contributed by atoms with Crippen LogP contribution in [-0.2, 0) is 12.8 Å². The van der Waals surface area contributed by atoms with E-state index < -0.39 is 12.1 Å². The molecule has 28 heavy (non-hydrogen) atoms. The third kappa shape index (κ3) is 3.71. The van der Waals surface area contributed by atoms with Crippen molar-refractivity contribution in [3.63, 3.8) is 0 Å². The van der Waals surface area contributed by atoms with Gasteiger partial charge in [0.05, 0.1) is 18.8 Å². The number of aromatic amines is 1. The van der Waals surface area contributed by atoms with E-state index in [0.717, 1.165) is 22.0 Å². The predicted octanol–water partition coefficient (Wildman–Crippen LogP) is 2.45. The Morgan fingerprint density at radius 1 is 1.25 bits per heavy atom. The van der Waals surface area contributed by atoms with Gasteiger partial charge in [0.1, 0.15) is 18.1 Å². The van der Waals surface area contributed by atoms with Crippen molar-refractivity contribution in [2.75, 3.05) is 13.2 Å². The number of hydrogen-bond acceptors (Lipinski definition) is 4. The second kappa shape index (κ2) is 7.83. The number of aliphatic hydroxyl groups is 2. The van der Waals surface area contributed by atoms with E-state index in [0.29, 0.717) is 29.3 Å². The third-order valence-corrected chi connectivity index (χ3v) is 5.28. The molecule has 2 aromatic carbocycles. The molecule has 0 saturated heterocycles. The van der Waals surface area contributed by atoms with Crippen LogP contribution in [0.2, 0.25) is 5.02 Å². The Hall–Kier alpha value is -2.54. The van der Waals surface area contributed by atoms with Gasteiger partial charge < -0.3 is 25.3 Å². The van der Waals surface area contributed by atoms with Crippen LogP contribution < -0.4 is 10.1 Å². The smallest absolute Gasteiger partial charge is 0.268 e. The van der Waals surface area contributed by atoms with Crippen LogP contribution in [0.15, 0.2) is 42.5 Å². The summed E-state index contributed by atoms with van der Waals surface area (Å²) in [5.41, 5.74) is 3.19. The Bertz CT molecular complexity index is 1020. The summed E-state index contributed by atoms with van der Waals surface area (Å²) in [4.78, 5) is 15.8. The Balaban J connectivity index is 1.54. The lowest BCUT2D eigenvalue weighted by molar-refractivity contribution is 0.0808. The average Bonchev–Trinajstić information content (AvgIpc) is 3.10. The molecule has 0 fully saturated rings. The number of aliphatic hydroxyl groups excluding tert-OH is 2. The van der Waals surface area contributed by atoms with E-state index >= 15 is 0 Å². The minimum atomic E-state index is -0.691. The first-order chi connectivity index (χ1) is 13.5. The summed E-state index contributed by atoms with van der Waals surface area (Å²) in [6.45, 7) is 0.129. The number of amides is 1. The van der Waals surface area contributed by atoms with Crippen LogP contribution >= 0.6 is 11.6 Å². The molecule has 0 radical (unpaired) electrons. The van der Waals surface area contributed by atoms with E-state index in [1.165, 1.54) is 0 Å². The highest BCUT2D eigenvalue weighted by Gasteiger charge is 2.30. The Morgan fingerprint density at radius 3 is 2.93 bits per heavy atom. The van der Waals surface area contributed by atoms with Crippen LogP contribution in [0.1, 0.15) is 21.6 Å². The fourth-order valence-corrected chi connectivity index (χ4v) is 3.85. The molecule has 2 unspecified atom stereocenters. The first-order valence-corrected chi connectivity index (χ1v) is 9.54. The van der Waals surface area contributed by atoms with Gasteiger partial charge >= 0.3 is 0 Å². The Morgan fingerprint density at radius 2 is 2.11 bits per heavy atom. The molecule has 4 rings (SSSR count). The third-order valence-electron chi connectivity index (χ3n) is 5.04. The number of carbonyl (C=O) groups is 1. The molecule has 0 saturated carbocycles. The van der Waals surface area contributed by atoms with Gasteiger partial charge in [0.25, 0.3) is 5.91 Å². The van der Waals surface area contributed by atoms with E-state index in [9.17, 15) is 9.90 Å². The van der Waals surface area contributed by atoms with Crippen LogP contribution in [0, 0.1) is 0 Å². The van der Waals surface area contributed by atoms with Crippen molar-refractivity contribution in [3.05, 3.63) is 64.3 Å². The molecule has 7 heteroatoms. The van der Waals surface area contributed by atoms with Gasteiger partial charge in [-0.3, -0.25) is 4.79 Å². The highest BCUT2D eigenvalue weighted by atomic mass is 35.5. The lowest BCUT2D eigenvalue weighted by Gasteiger charge is -2.31. The topological polar surface area (TPSA) is 94.6 Å². The molecule has 6 nitrogen and oxygen atoms in total. The minimum absolute atomic E-state index is 0.0726. The molecule has 3 aromatic rings. The van der Waals surface area contributed by atoms with Crippen molar-refractivity contribution in [2.45, 2.75) is 25.0 Å². The zero-order valence-electron chi connectivity index (χ0n) is 15.1. The summed E-state index contributed by atoms with van der Waals surface area (Å²) < 4.78 is 5.61. The average molecular weight is 401 g/mol. The van der Waals surface area contributed by atoms with E-state index in [1.807, 2.05) is 24.3 Å². The number of ether oxygens (including phenoxy) is 1. The lowest BCUT2D eigenvalue weighted by Crippen LogP contribution is -2.48. The molecule has 4 N–H and O–H groups in total. The molecule has 0 spiro atoms. The van der Waals surface area contributed by atoms with Gasteiger partial charge in [-0.15, -0.1) is 0 Å². The summed E-state index contributed by atoms with van der Waals surface area (Å²) in [5, 5.41) is 23.9. The fourth-order valence-electron chi connectivity index (χ4n) is 3.67. The van der Waals surface area contributed by atoms with Crippen LogP contribution in [0.4, 0.5) is 0 Å². The van der Waals surface area contributed by atoms with Crippen LogP contribution in [0.3, 0.4) is 0 Å². The van der Waals surface area contributed by atoms with Crippen LogP contribution in [-0.4, -0.2) is 46.5 Å². The van der Waals surface area contributed by atoms with Crippen LogP contribution in [0.25, 0.3) is 10.9 Å². The monoisotopic (exact) mass is 400 g/mol. The molecular formula is C21H21ClN2O4. The molecule has 146 valence electrons. The summed E-state index contributed by atoms with van der Waals surface area (Å²) in [6.07, 6.45) is 0.192. The number of aromatic nitrogens is 1. The maximum absolute atomic E-state index is 12.7. The molecule has 0 bridgehead atoms. The van der Waals surface area contributed by atoms with Gasteiger partial charge in [0.2, 0.25) is 0 Å². The Labute approximate surface area is 167 Å². The number of hydrogen-bond donors (Lipinski definition) is 4. The zero-order valence-corrected chi connectivity index (χ0v) is 15.9. The van der Waals surface area contributed by atoms with Crippen molar-refractivity contribution in [1.29, 1.82) is 0 Å². The normalized spacial score (nSPS) is 18.7. The standard InChI is InChI=1S/C21H21ClN2O4/c22-14-4-5-16-13(8-14)9-18(23-16)21(27)24-17-11-15-12(10-19(17)26)2-1-3-20(15)28-7-6-25/h1-5,8-9,17,19,23,25-26H,6-7,10-11H2,(H,24,27). The number of fused-ring (bicyclic) bond motifs is 2. The first-order valence-electron chi connectivity index (χ1n) is 9.17. The molecule has 2 atom stereocenters. The van der Waals surface area contributed by atoms with Crippen molar-refractivity contribution in [2.24, 2.45) is 0 Å². The summed E-state index contributed by atoms with van der Waals surface area (Å²) in [6, 6.07) is 12.3. The van der Waals surface area contributed by atoms with Crippen LogP contribution in [0.5, 0.6) is 5.75 Å². The van der Waals surface area contributed by atoms with Gasteiger partial charge in [0.15, 0.2) is 0 Å². The number of benzene rings is 2. The van der Waals surface area contributed by atoms with Gasteiger partial charge in [-0.1, -0.05) is 23.7 Å². The number of rotatable bonds is 5. The molecule has 1 aliphatic carbocycles. The van der Waals surface area contributed by atoms with E-state index in [4.69, 9.17) is 21.4 Å². The van der Waals surface area contributed by atoms with Gasteiger partial charge in [0, 0.05) is 22.3 Å². The van der Waals surface area contributed by atoms with Gasteiger partial charge in [-0.25, -0.2) is 0 Å². The summed E-state index contributed by atoms with van der Waals surface area (Å²) in [5.74, 6) is 0.395. The molecule has 1 amide bonds. The van der Waals surface area contributed by atoms with Gasteiger partial charge in [-0.2, -0.15) is 0 Å². The highest BCUT2D eigenvalue weighted by molar-refractivity contribution is 6.31. The largest absolute Gasteiger partial charge is 0.491 e. The maximum Gasteiger partial charge on any atom is 0.268 e. The van der Waals surface area contributed by atoms with E-state index in [2.05, 4.69) is 10.3 Å². The van der Waals surface area contributed by atoms with Gasteiger partial charge in [-0.05, 0) is 47.9 Å². The van der Waals surface area contributed by atoms with Crippen molar-refractivity contribution in [3.8, 4) is 5.75 Å². The zero-order chi connectivity index (χ0) is 19.7. The minimum Gasteiger partial charge on any atom is -0.491 e. The molecule has 0 aliphatic heterocycles.